The maximum absolute atomic E-state index is 13.8. The van der Waals surface area contributed by atoms with E-state index in [0.29, 0.717) is 34.0 Å². The molecule has 1 aromatic heterocycles. The molecule has 1 N–H and O–H groups in total. The SMILES string of the molecule is CSCC[C@H](NC(=O)c1ccc(COCc2ccc(-c3ccc(Cl)c(F)c3)o2)cc1-c1ccccc1C)C(=O)[O-].[Li+]. The van der Waals surface area contributed by atoms with Crippen LogP contribution in [0.1, 0.15) is 33.7 Å². The van der Waals surface area contributed by atoms with Gasteiger partial charge in [-0.3, -0.25) is 4.79 Å². The molecule has 0 saturated carbocycles. The Bertz CT molecular complexity index is 1510. The molecule has 208 valence electrons. The minimum atomic E-state index is -1.31. The van der Waals surface area contributed by atoms with Gasteiger partial charge in [0, 0.05) is 11.1 Å². The van der Waals surface area contributed by atoms with Gasteiger partial charge in [0.1, 0.15) is 23.9 Å². The van der Waals surface area contributed by atoms with Crippen LogP contribution in [0.15, 0.2) is 77.2 Å². The van der Waals surface area contributed by atoms with Crippen LogP contribution in [-0.2, 0) is 22.7 Å². The maximum Gasteiger partial charge on any atom is 1.00 e. The van der Waals surface area contributed by atoms with Crippen molar-refractivity contribution in [1.29, 1.82) is 0 Å². The van der Waals surface area contributed by atoms with E-state index in [2.05, 4.69) is 5.32 Å². The Hall–Kier alpha value is -2.99. The van der Waals surface area contributed by atoms with Gasteiger partial charge in [0.05, 0.1) is 23.6 Å². The standard InChI is InChI=1S/C31H29ClFNO5S.Li/c1-19-5-3-4-6-23(19)25-15-20(7-10-24(25)30(35)34-28(31(36)37)13-14-40-2)17-38-18-22-9-12-29(39-22)21-8-11-26(32)27(33)16-21;/h3-12,15-16,28H,13-14,17-18H2,1-2H3,(H,34,35)(H,36,37);/q;+1/p-1/t28-;/m0./s1. The van der Waals surface area contributed by atoms with Crippen LogP contribution in [0.4, 0.5) is 4.39 Å². The maximum atomic E-state index is 13.8. The van der Waals surface area contributed by atoms with Crippen LogP contribution in [0.25, 0.3) is 22.5 Å². The van der Waals surface area contributed by atoms with Crippen LogP contribution in [0.5, 0.6) is 0 Å². The van der Waals surface area contributed by atoms with Crippen LogP contribution in [0.2, 0.25) is 5.02 Å². The normalized spacial score (nSPS) is 11.5. The number of carboxylic acids is 1. The van der Waals surface area contributed by atoms with Crippen molar-refractivity contribution >= 4 is 35.2 Å². The van der Waals surface area contributed by atoms with Crippen LogP contribution in [0, 0.1) is 12.7 Å². The summed E-state index contributed by atoms with van der Waals surface area (Å²) in [5.41, 5.74) is 4.24. The summed E-state index contributed by atoms with van der Waals surface area (Å²) < 4.78 is 25.5. The molecule has 4 rings (SSSR count). The summed E-state index contributed by atoms with van der Waals surface area (Å²) in [6.07, 6.45) is 2.14. The van der Waals surface area contributed by atoms with Gasteiger partial charge in [0.15, 0.2) is 0 Å². The molecule has 0 bridgehead atoms. The summed E-state index contributed by atoms with van der Waals surface area (Å²) >= 11 is 7.26. The summed E-state index contributed by atoms with van der Waals surface area (Å²) in [6, 6.07) is 19.9. The fraction of sp³-hybridized carbons (Fsp3) is 0.226. The van der Waals surface area contributed by atoms with E-state index in [0.717, 1.165) is 16.7 Å². The number of hydrogen-bond donors (Lipinski definition) is 1. The number of aryl methyl sites for hydroxylation is 1. The summed E-state index contributed by atoms with van der Waals surface area (Å²) in [7, 11) is 0. The van der Waals surface area contributed by atoms with E-state index in [4.69, 9.17) is 20.8 Å². The van der Waals surface area contributed by atoms with E-state index in [1.54, 1.807) is 30.3 Å². The number of benzene rings is 3. The third kappa shape index (κ3) is 8.51. The Kier molecular flexibility index (Phi) is 12.1. The van der Waals surface area contributed by atoms with E-state index in [-0.39, 0.29) is 43.5 Å². The van der Waals surface area contributed by atoms with Gasteiger partial charge in [-0.05, 0) is 90.1 Å². The quantitative estimate of drug-likeness (QED) is 0.256. The molecule has 0 saturated heterocycles. The Morgan fingerprint density at radius 3 is 2.54 bits per heavy atom. The number of carbonyl (C=O) groups excluding carboxylic acids is 2. The second kappa shape index (κ2) is 15.3. The van der Waals surface area contributed by atoms with E-state index in [1.165, 1.54) is 23.9 Å². The fourth-order valence-corrected chi connectivity index (χ4v) is 4.82. The molecule has 1 amide bonds. The van der Waals surface area contributed by atoms with Gasteiger partial charge in [-0.25, -0.2) is 4.39 Å². The first-order valence-electron chi connectivity index (χ1n) is 12.6. The van der Waals surface area contributed by atoms with Crippen LogP contribution < -0.4 is 29.3 Å². The van der Waals surface area contributed by atoms with Gasteiger partial charge >= 0.3 is 18.9 Å². The van der Waals surface area contributed by atoms with E-state index >= 15 is 0 Å². The number of ether oxygens (including phenoxy) is 1. The molecule has 0 spiro atoms. The Balaban J connectivity index is 0.00000462. The van der Waals surface area contributed by atoms with Crippen molar-refractivity contribution in [3.05, 3.63) is 106 Å². The van der Waals surface area contributed by atoms with Gasteiger partial charge in [-0.2, -0.15) is 11.8 Å². The average Bonchev–Trinajstić information content (AvgIpc) is 3.41. The van der Waals surface area contributed by atoms with E-state index in [9.17, 15) is 19.1 Å². The van der Waals surface area contributed by atoms with Crippen molar-refractivity contribution in [1.82, 2.24) is 5.32 Å². The Morgan fingerprint density at radius 2 is 1.83 bits per heavy atom. The molecule has 6 nitrogen and oxygen atoms in total. The van der Waals surface area contributed by atoms with Crippen molar-refractivity contribution < 1.29 is 47.1 Å². The fourth-order valence-electron chi connectivity index (χ4n) is 4.23. The Labute approximate surface area is 259 Å². The molecule has 10 heteroatoms. The predicted octanol–water partition coefficient (Wildman–Crippen LogP) is 3.04. The first kappa shape index (κ1) is 32.5. The zero-order chi connectivity index (χ0) is 28.6. The minimum Gasteiger partial charge on any atom is -0.548 e. The number of aliphatic carboxylic acids is 1. The zero-order valence-corrected chi connectivity index (χ0v) is 24.6. The van der Waals surface area contributed by atoms with Gasteiger partial charge in [0.2, 0.25) is 0 Å². The molecule has 0 unspecified atom stereocenters. The number of rotatable bonds is 12. The van der Waals surface area contributed by atoms with Gasteiger partial charge in [-0.1, -0.05) is 41.9 Å². The number of furan rings is 1. The van der Waals surface area contributed by atoms with Gasteiger partial charge in [0.25, 0.3) is 5.91 Å². The summed E-state index contributed by atoms with van der Waals surface area (Å²) in [4.78, 5) is 24.8. The van der Waals surface area contributed by atoms with Crippen molar-refractivity contribution in [2.24, 2.45) is 0 Å². The second-order valence-corrected chi connectivity index (χ2v) is 10.6. The summed E-state index contributed by atoms with van der Waals surface area (Å²) in [5.74, 6) is -0.675. The zero-order valence-electron chi connectivity index (χ0n) is 23.0. The van der Waals surface area contributed by atoms with Crippen molar-refractivity contribution in [2.45, 2.75) is 32.6 Å². The van der Waals surface area contributed by atoms with Crippen LogP contribution in [0.3, 0.4) is 0 Å². The smallest absolute Gasteiger partial charge is 0.548 e. The molecule has 0 aliphatic rings. The molecule has 0 aliphatic heterocycles. The molecule has 0 radical (unpaired) electrons. The van der Waals surface area contributed by atoms with Gasteiger partial charge in [-0.15, -0.1) is 0 Å². The average molecular weight is 588 g/mol. The summed E-state index contributed by atoms with van der Waals surface area (Å²) in [6.45, 7) is 2.37. The minimum absolute atomic E-state index is 0. The molecule has 1 heterocycles. The largest absolute Gasteiger partial charge is 1.00 e. The first-order valence-corrected chi connectivity index (χ1v) is 14.4. The number of thioether (sulfide) groups is 1. The molecule has 4 aromatic rings. The third-order valence-electron chi connectivity index (χ3n) is 6.34. The van der Waals surface area contributed by atoms with E-state index < -0.39 is 23.7 Å². The molecular weight excluding hydrogens is 560 g/mol. The van der Waals surface area contributed by atoms with Crippen LogP contribution >= 0.6 is 23.4 Å². The number of amides is 1. The number of nitrogens with one attached hydrogen (secondary N) is 1. The molecule has 1 atom stereocenters. The van der Waals surface area contributed by atoms with Crippen molar-refractivity contribution in [3.8, 4) is 22.5 Å². The molecular formula is C31H28ClFLiNO5S. The first-order chi connectivity index (χ1) is 19.3. The predicted molar refractivity (Wildman–Crippen MR) is 153 cm³/mol. The molecule has 41 heavy (non-hydrogen) atoms. The number of hydrogen-bond acceptors (Lipinski definition) is 6. The summed E-state index contributed by atoms with van der Waals surface area (Å²) in [5, 5.41) is 14.3. The van der Waals surface area contributed by atoms with Gasteiger partial charge < -0.3 is 24.4 Å². The molecule has 0 aliphatic carbocycles. The monoisotopic (exact) mass is 587 g/mol. The number of carbonyl (C=O) groups is 2. The molecule has 0 fully saturated rings. The topological polar surface area (TPSA) is 91.6 Å². The van der Waals surface area contributed by atoms with Crippen molar-refractivity contribution in [3.63, 3.8) is 0 Å². The second-order valence-electron chi connectivity index (χ2n) is 9.21. The van der Waals surface area contributed by atoms with Crippen molar-refractivity contribution in [2.75, 3.05) is 12.0 Å². The van der Waals surface area contributed by atoms with Crippen LogP contribution in [-0.4, -0.2) is 29.9 Å². The Morgan fingerprint density at radius 1 is 1.05 bits per heavy atom. The third-order valence-corrected chi connectivity index (χ3v) is 7.29. The molecule has 3 aromatic carbocycles. The number of carboxylic acid groups (broad SMARTS) is 1. The number of halogens is 2. The van der Waals surface area contributed by atoms with E-state index in [1.807, 2.05) is 43.5 Å².